The molecule has 2 rings (SSSR count). The maximum atomic E-state index is 13.1. The Hall–Kier alpha value is -3.02. The number of hydrogen-bond donors (Lipinski definition) is 1. The lowest BCUT2D eigenvalue weighted by atomic mass is 10.0. The molecule has 0 saturated heterocycles. The highest BCUT2D eigenvalue weighted by molar-refractivity contribution is 5.88. The summed E-state index contributed by atoms with van der Waals surface area (Å²) in [7, 11) is 1.60. The number of hydrogen-bond acceptors (Lipinski definition) is 4. The van der Waals surface area contributed by atoms with Gasteiger partial charge in [-0.3, -0.25) is 9.59 Å². The van der Waals surface area contributed by atoms with Gasteiger partial charge in [0, 0.05) is 13.1 Å². The van der Waals surface area contributed by atoms with E-state index in [1.165, 1.54) is 5.56 Å². The zero-order chi connectivity index (χ0) is 22.8. The van der Waals surface area contributed by atoms with Crippen molar-refractivity contribution in [1.29, 1.82) is 0 Å². The summed E-state index contributed by atoms with van der Waals surface area (Å²) in [6, 6.07) is 14.7. The first-order valence-electron chi connectivity index (χ1n) is 10.8. The van der Waals surface area contributed by atoms with E-state index in [4.69, 9.17) is 9.47 Å². The fourth-order valence-electron chi connectivity index (χ4n) is 3.36. The molecule has 0 aromatic heterocycles. The zero-order valence-corrected chi connectivity index (χ0v) is 19.2. The summed E-state index contributed by atoms with van der Waals surface area (Å²) in [6.45, 7) is 8.68. The highest BCUT2D eigenvalue weighted by Crippen LogP contribution is 2.20. The summed E-state index contributed by atoms with van der Waals surface area (Å²) in [5.74, 6) is 1.36. The molecule has 0 spiro atoms. The minimum absolute atomic E-state index is 0.138. The molecule has 1 N–H and O–H groups in total. The van der Waals surface area contributed by atoms with Crippen molar-refractivity contribution < 1.29 is 19.1 Å². The smallest absolute Gasteiger partial charge is 0.261 e. The number of methoxy groups -OCH3 is 1. The highest BCUT2D eigenvalue weighted by Gasteiger charge is 2.28. The average molecular weight is 427 g/mol. The maximum absolute atomic E-state index is 13.1. The van der Waals surface area contributed by atoms with E-state index in [0.29, 0.717) is 36.9 Å². The number of nitrogens with one attached hydrogen (secondary N) is 1. The van der Waals surface area contributed by atoms with Gasteiger partial charge in [0.2, 0.25) is 5.91 Å². The fourth-order valence-corrected chi connectivity index (χ4v) is 3.36. The van der Waals surface area contributed by atoms with Crippen molar-refractivity contribution in [3.05, 3.63) is 59.7 Å². The Kier molecular flexibility index (Phi) is 9.38. The van der Waals surface area contributed by atoms with Crippen LogP contribution < -0.4 is 14.8 Å². The Morgan fingerprint density at radius 3 is 2.32 bits per heavy atom. The van der Waals surface area contributed by atoms with Crippen molar-refractivity contribution in [2.24, 2.45) is 0 Å². The Labute approximate surface area is 185 Å². The summed E-state index contributed by atoms with van der Waals surface area (Å²) in [5, 5.41) is 2.83. The van der Waals surface area contributed by atoms with E-state index in [9.17, 15) is 9.59 Å². The molecule has 6 heteroatoms. The quantitative estimate of drug-likeness (QED) is 0.586. The molecule has 0 fully saturated rings. The van der Waals surface area contributed by atoms with E-state index < -0.39 is 6.04 Å². The van der Waals surface area contributed by atoms with Crippen molar-refractivity contribution >= 4 is 11.8 Å². The number of carbonyl (C=O) groups is 2. The van der Waals surface area contributed by atoms with Crippen LogP contribution in [0.1, 0.15) is 51.2 Å². The van der Waals surface area contributed by atoms with Crippen LogP contribution in [0.4, 0.5) is 0 Å². The van der Waals surface area contributed by atoms with Gasteiger partial charge in [0.1, 0.15) is 17.5 Å². The Morgan fingerprint density at radius 1 is 1.03 bits per heavy atom. The van der Waals surface area contributed by atoms with Gasteiger partial charge in [-0.05, 0) is 54.7 Å². The maximum Gasteiger partial charge on any atom is 0.261 e. The van der Waals surface area contributed by atoms with Crippen molar-refractivity contribution in [2.75, 3.05) is 20.3 Å². The van der Waals surface area contributed by atoms with Gasteiger partial charge in [-0.25, -0.2) is 0 Å². The normalized spacial score (nSPS) is 11.7. The number of nitrogens with zero attached hydrogens (tertiary/aromatic N) is 1. The van der Waals surface area contributed by atoms with Crippen molar-refractivity contribution in [3.8, 4) is 11.5 Å². The number of benzene rings is 2. The number of likely N-dealkylation sites (N-methyl/N-ethyl adjacent to an activating group) is 1. The number of amides is 2. The molecule has 0 aliphatic carbocycles. The lowest BCUT2D eigenvalue weighted by molar-refractivity contribution is -0.142. The van der Waals surface area contributed by atoms with Gasteiger partial charge in [0.25, 0.3) is 5.91 Å². The van der Waals surface area contributed by atoms with E-state index in [2.05, 4.69) is 19.2 Å². The first-order valence-corrected chi connectivity index (χ1v) is 10.8. The largest absolute Gasteiger partial charge is 0.497 e. The summed E-state index contributed by atoms with van der Waals surface area (Å²) < 4.78 is 11.0. The lowest BCUT2D eigenvalue weighted by Crippen LogP contribution is -2.50. The van der Waals surface area contributed by atoms with Gasteiger partial charge in [-0.15, -0.1) is 0 Å². The molecule has 0 aliphatic heterocycles. The van der Waals surface area contributed by atoms with E-state index in [0.717, 1.165) is 5.56 Å². The monoisotopic (exact) mass is 426 g/mol. The van der Waals surface area contributed by atoms with Gasteiger partial charge in [-0.1, -0.05) is 45.0 Å². The van der Waals surface area contributed by atoms with E-state index >= 15 is 0 Å². The molecule has 31 heavy (non-hydrogen) atoms. The molecule has 0 bridgehead atoms. The Bertz CT molecular complexity index is 849. The summed E-state index contributed by atoms with van der Waals surface area (Å²) in [4.78, 5) is 27.4. The molecule has 0 aliphatic rings. The third kappa shape index (κ3) is 7.02. The fraction of sp³-hybridized carbons (Fsp3) is 0.440. The second kappa shape index (κ2) is 12.0. The van der Waals surface area contributed by atoms with Crippen LogP contribution in [-0.4, -0.2) is 43.0 Å². The molecule has 0 unspecified atom stereocenters. The minimum atomic E-state index is -0.578. The van der Waals surface area contributed by atoms with Crippen molar-refractivity contribution in [2.45, 2.75) is 52.6 Å². The van der Waals surface area contributed by atoms with E-state index in [1.807, 2.05) is 62.4 Å². The number of rotatable bonds is 11. The predicted octanol–water partition coefficient (Wildman–Crippen LogP) is 4.14. The van der Waals surface area contributed by atoms with Crippen LogP contribution in [0, 0.1) is 0 Å². The van der Waals surface area contributed by atoms with Crippen LogP contribution in [0.2, 0.25) is 0 Å². The van der Waals surface area contributed by atoms with Gasteiger partial charge < -0.3 is 19.7 Å². The van der Waals surface area contributed by atoms with E-state index in [1.54, 1.807) is 12.0 Å². The highest BCUT2D eigenvalue weighted by atomic mass is 16.5. The third-order valence-corrected chi connectivity index (χ3v) is 5.13. The minimum Gasteiger partial charge on any atom is -0.497 e. The van der Waals surface area contributed by atoms with Crippen molar-refractivity contribution in [1.82, 2.24) is 10.2 Å². The molecule has 1 atom stereocenters. The molecular weight excluding hydrogens is 392 g/mol. The topological polar surface area (TPSA) is 67.9 Å². The lowest BCUT2D eigenvalue weighted by Gasteiger charge is -2.30. The summed E-state index contributed by atoms with van der Waals surface area (Å²) in [6.07, 6.45) is 0.505. The second-order valence-electron chi connectivity index (χ2n) is 7.70. The SMILES string of the molecule is CCNC(=O)[C@@H](CC)N(Cc1cccc(OC)c1)C(=O)COc1ccc(C(C)C)cc1. The van der Waals surface area contributed by atoms with Crippen LogP contribution in [0.25, 0.3) is 0 Å². The molecule has 6 nitrogen and oxygen atoms in total. The standard InChI is InChI=1S/C25H34N2O4/c1-6-23(25(29)26-7-2)27(16-19-9-8-10-22(15-19)30-5)24(28)17-31-21-13-11-20(12-14-21)18(3)4/h8-15,18,23H,6-7,16-17H2,1-5H3,(H,26,29)/t23-/m1/s1. The first kappa shape index (κ1) is 24.3. The molecule has 2 aromatic carbocycles. The second-order valence-corrected chi connectivity index (χ2v) is 7.70. The Morgan fingerprint density at radius 2 is 1.74 bits per heavy atom. The van der Waals surface area contributed by atoms with Gasteiger partial charge in [0.15, 0.2) is 6.61 Å². The molecule has 0 radical (unpaired) electrons. The third-order valence-electron chi connectivity index (χ3n) is 5.13. The van der Waals surface area contributed by atoms with Crippen LogP contribution in [0.3, 0.4) is 0 Å². The average Bonchev–Trinajstić information content (AvgIpc) is 2.77. The molecule has 0 heterocycles. The molecule has 2 amide bonds. The van der Waals surface area contributed by atoms with Crippen LogP contribution in [-0.2, 0) is 16.1 Å². The van der Waals surface area contributed by atoms with Gasteiger partial charge >= 0.3 is 0 Å². The molecule has 0 saturated carbocycles. The van der Waals surface area contributed by atoms with Crippen molar-refractivity contribution in [3.63, 3.8) is 0 Å². The Balaban J connectivity index is 2.18. The summed E-state index contributed by atoms with van der Waals surface area (Å²) >= 11 is 0. The first-order chi connectivity index (χ1) is 14.9. The molecular formula is C25H34N2O4. The van der Waals surface area contributed by atoms with Gasteiger partial charge in [-0.2, -0.15) is 0 Å². The van der Waals surface area contributed by atoms with E-state index in [-0.39, 0.29) is 18.4 Å². The molecule has 2 aromatic rings. The predicted molar refractivity (Wildman–Crippen MR) is 122 cm³/mol. The van der Waals surface area contributed by atoms with Crippen LogP contribution in [0.5, 0.6) is 11.5 Å². The number of carbonyl (C=O) groups excluding carboxylic acids is 2. The van der Waals surface area contributed by atoms with Gasteiger partial charge in [0.05, 0.1) is 7.11 Å². The van der Waals surface area contributed by atoms with Crippen LogP contribution >= 0.6 is 0 Å². The summed E-state index contributed by atoms with van der Waals surface area (Å²) in [5.41, 5.74) is 2.09. The zero-order valence-electron chi connectivity index (χ0n) is 19.2. The van der Waals surface area contributed by atoms with Crippen LogP contribution in [0.15, 0.2) is 48.5 Å². The number of ether oxygens (including phenoxy) is 2. The molecule has 168 valence electrons.